The van der Waals surface area contributed by atoms with Crippen LogP contribution in [0.1, 0.15) is 26.3 Å². The van der Waals surface area contributed by atoms with E-state index in [9.17, 15) is 9.59 Å². The lowest BCUT2D eigenvalue weighted by molar-refractivity contribution is -0.163. The zero-order valence-corrected chi connectivity index (χ0v) is 14.8. The van der Waals surface area contributed by atoms with Crippen molar-refractivity contribution < 1.29 is 23.8 Å². The van der Waals surface area contributed by atoms with Crippen LogP contribution in [0.2, 0.25) is 0 Å². The highest BCUT2D eigenvalue weighted by Crippen LogP contribution is 2.36. The van der Waals surface area contributed by atoms with Gasteiger partial charge in [0.1, 0.15) is 11.0 Å². The highest BCUT2D eigenvalue weighted by molar-refractivity contribution is 5.82. The van der Waals surface area contributed by atoms with Crippen LogP contribution in [0, 0.1) is 5.41 Å². The molecular weight excluding hydrogens is 312 g/mol. The third-order valence-electron chi connectivity index (χ3n) is 3.81. The van der Waals surface area contributed by atoms with Crippen molar-refractivity contribution in [3.8, 4) is 5.88 Å². The predicted molar refractivity (Wildman–Crippen MR) is 86.7 cm³/mol. The summed E-state index contributed by atoms with van der Waals surface area (Å²) >= 11 is 0. The lowest BCUT2D eigenvalue weighted by Gasteiger charge is -2.47. The van der Waals surface area contributed by atoms with Crippen molar-refractivity contribution in [1.29, 1.82) is 0 Å². The van der Waals surface area contributed by atoms with Crippen LogP contribution < -0.4 is 4.74 Å². The second-order valence-electron chi connectivity index (χ2n) is 6.99. The maximum atomic E-state index is 12.3. The summed E-state index contributed by atoms with van der Waals surface area (Å²) < 4.78 is 15.3. The molecule has 1 amide bonds. The predicted octanol–water partition coefficient (Wildman–Crippen LogP) is 2.04. The molecule has 2 heterocycles. The van der Waals surface area contributed by atoms with E-state index in [1.807, 2.05) is 6.07 Å². The van der Waals surface area contributed by atoms with Gasteiger partial charge in [0.25, 0.3) is 0 Å². The van der Waals surface area contributed by atoms with E-state index in [0.29, 0.717) is 12.3 Å². The van der Waals surface area contributed by atoms with Gasteiger partial charge in [-0.05, 0) is 32.8 Å². The van der Waals surface area contributed by atoms with Crippen LogP contribution >= 0.6 is 0 Å². The number of carbonyl (C=O) groups is 2. The van der Waals surface area contributed by atoms with E-state index >= 15 is 0 Å². The quantitative estimate of drug-likeness (QED) is 0.783. The largest absolute Gasteiger partial charge is 0.481 e. The summed E-state index contributed by atoms with van der Waals surface area (Å²) in [4.78, 5) is 30.0. The van der Waals surface area contributed by atoms with Crippen LogP contribution in [0.4, 0.5) is 4.79 Å². The van der Waals surface area contributed by atoms with Crippen LogP contribution in [-0.4, -0.2) is 54.9 Å². The first kappa shape index (κ1) is 18.0. The summed E-state index contributed by atoms with van der Waals surface area (Å²) in [6.07, 6.45) is 1.69. The summed E-state index contributed by atoms with van der Waals surface area (Å²) in [5.41, 5.74) is -0.451. The van der Waals surface area contributed by atoms with Crippen LogP contribution in [0.5, 0.6) is 5.88 Å². The number of esters is 1. The molecular formula is C17H24N2O5. The van der Waals surface area contributed by atoms with Crippen molar-refractivity contribution >= 4 is 12.1 Å². The molecule has 0 aliphatic carbocycles. The van der Waals surface area contributed by atoms with E-state index in [4.69, 9.17) is 14.2 Å². The van der Waals surface area contributed by atoms with Crippen LogP contribution in [-0.2, 0) is 20.7 Å². The molecule has 0 aromatic carbocycles. The molecule has 0 N–H and O–H groups in total. The summed E-state index contributed by atoms with van der Waals surface area (Å²) in [5.74, 6) is 0.174. The minimum absolute atomic E-state index is 0.264. The number of hydrogen-bond acceptors (Lipinski definition) is 6. The van der Waals surface area contributed by atoms with Crippen molar-refractivity contribution in [3.63, 3.8) is 0 Å². The molecule has 7 nitrogen and oxygen atoms in total. The van der Waals surface area contributed by atoms with Crippen molar-refractivity contribution in [3.05, 3.63) is 23.9 Å². The molecule has 1 aliphatic heterocycles. The summed E-state index contributed by atoms with van der Waals surface area (Å²) in [6.45, 7) is 5.95. The second-order valence-corrected chi connectivity index (χ2v) is 6.99. The zero-order valence-electron chi connectivity index (χ0n) is 14.8. The average Bonchev–Trinajstić information content (AvgIpc) is 2.48. The number of likely N-dealkylation sites (tertiary alicyclic amines) is 1. The third-order valence-corrected chi connectivity index (χ3v) is 3.81. The first-order chi connectivity index (χ1) is 11.2. The molecule has 1 aromatic rings. The summed E-state index contributed by atoms with van der Waals surface area (Å²) in [6, 6.07) is 3.59. The maximum Gasteiger partial charge on any atom is 0.410 e. The lowest BCUT2D eigenvalue weighted by atomic mass is 9.75. The van der Waals surface area contributed by atoms with Crippen molar-refractivity contribution in [2.45, 2.75) is 32.8 Å². The Morgan fingerprint density at radius 2 is 1.92 bits per heavy atom. The molecule has 2 rings (SSSR count). The fourth-order valence-corrected chi connectivity index (χ4v) is 2.70. The number of ether oxygens (including phenoxy) is 3. The molecule has 1 saturated heterocycles. The van der Waals surface area contributed by atoms with E-state index < -0.39 is 17.1 Å². The highest BCUT2D eigenvalue weighted by Gasteiger charge is 2.53. The Morgan fingerprint density at radius 3 is 2.38 bits per heavy atom. The molecule has 0 unspecified atom stereocenters. The number of pyridine rings is 1. The van der Waals surface area contributed by atoms with E-state index in [-0.39, 0.29) is 19.1 Å². The van der Waals surface area contributed by atoms with Gasteiger partial charge in [0.2, 0.25) is 5.88 Å². The van der Waals surface area contributed by atoms with Crippen LogP contribution in [0.15, 0.2) is 18.3 Å². The van der Waals surface area contributed by atoms with Crippen molar-refractivity contribution in [2.24, 2.45) is 5.41 Å². The number of nitrogens with zero attached hydrogens (tertiary/aromatic N) is 2. The lowest BCUT2D eigenvalue weighted by Crippen LogP contribution is -2.64. The van der Waals surface area contributed by atoms with Crippen molar-refractivity contribution in [1.82, 2.24) is 9.88 Å². The van der Waals surface area contributed by atoms with Crippen LogP contribution in [0.3, 0.4) is 0 Å². The fourth-order valence-electron chi connectivity index (χ4n) is 2.70. The minimum atomic E-state index is -0.762. The number of methoxy groups -OCH3 is 2. The third kappa shape index (κ3) is 3.96. The maximum absolute atomic E-state index is 12.3. The molecule has 0 spiro atoms. The van der Waals surface area contributed by atoms with Gasteiger partial charge in [-0.1, -0.05) is 6.07 Å². The summed E-state index contributed by atoms with van der Waals surface area (Å²) in [7, 11) is 2.90. The van der Waals surface area contributed by atoms with Gasteiger partial charge >= 0.3 is 12.1 Å². The smallest absolute Gasteiger partial charge is 0.410 e. The normalized spacial score (nSPS) is 16.1. The molecule has 132 valence electrons. The first-order valence-corrected chi connectivity index (χ1v) is 7.74. The molecule has 24 heavy (non-hydrogen) atoms. The SMILES string of the molecule is COC(=O)C1(Cc2ccc(OC)nc2)CN(C(=O)OC(C)(C)C)C1. The Balaban J connectivity index is 2.07. The molecule has 0 saturated carbocycles. The second kappa shape index (κ2) is 6.67. The van der Waals surface area contributed by atoms with E-state index in [1.165, 1.54) is 12.0 Å². The Hall–Kier alpha value is -2.31. The number of rotatable bonds is 4. The average molecular weight is 336 g/mol. The van der Waals surface area contributed by atoms with Gasteiger partial charge in [-0.15, -0.1) is 0 Å². The number of aromatic nitrogens is 1. The topological polar surface area (TPSA) is 78.0 Å². The standard InChI is InChI=1S/C17H24N2O5/c1-16(2,3)24-15(21)19-10-17(11-19,14(20)23-5)8-12-6-7-13(22-4)18-9-12/h6-7,9H,8,10-11H2,1-5H3. The van der Waals surface area contributed by atoms with Gasteiger partial charge in [0, 0.05) is 25.4 Å². The minimum Gasteiger partial charge on any atom is -0.481 e. The highest BCUT2D eigenvalue weighted by atomic mass is 16.6. The zero-order chi connectivity index (χ0) is 18.0. The molecule has 0 radical (unpaired) electrons. The van der Waals surface area contributed by atoms with E-state index in [1.54, 1.807) is 40.1 Å². The fraction of sp³-hybridized carbons (Fsp3) is 0.588. The van der Waals surface area contributed by atoms with Crippen LogP contribution in [0.25, 0.3) is 0 Å². The number of hydrogen-bond donors (Lipinski definition) is 0. The van der Waals surface area contributed by atoms with Gasteiger partial charge in [0.05, 0.1) is 14.2 Å². The molecule has 0 atom stereocenters. The molecule has 1 aliphatic rings. The van der Waals surface area contributed by atoms with E-state index in [2.05, 4.69) is 4.98 Å². The van der Waals surface area contributed by atoms with Gasteiger partial charge in [-0.3, -0.25) is 4.79 Å². The molecule has 0 bridgehead atoms. The summed E-state index contributed by atoms with van der Waals surface area (Å²) in [5, 5.41) is 0. The van der Waals surface area contributed by atoms with Gasteiger partial charge < -0.3 is 19.1 Å². The molecule has 7 heteroatoms. The van der Waals surface area contributed by atoms with Gasteiger partial charge in [-0.2, -0.15) is 0 Å². The van der Waals surface area contributed by atoms with Gasteiger partial charge in [0.15, 0.2) is 0 Å². The Labute approximate surface area is 141 Å². The Morgan fingerprint density at radius 1 is 1.25 bits per heavy atom. The first-order valence-electron chi connectivity index (χ1n) is 7.74. The number of carbonyl (C=O) groups excluding carboxylic acids is 2. The van der Waals surface area contributed by atoms with Gasteiger partial charge in [-0.25, -0.2) is 9.78 Å². The Bertz CT molecular complexity index is 600. The Kier molecular flexibility index (Phi) is 5.01. The molecule has 1 fully saturated rings. The van der Waals surface area contributed by atoms with E-state index in [0.717, 1.165) is 5.56 Å². The monoisotopic (exact) mass is 336 g/mol. The van der Waals surface area contributed by atoms with Crippen molar-refractivity contribution in [2.75, 3.05) is 27.3 Å². The molecule has 1 aromatic heterocycles. The number of amides is 1.